The lowest BCUT2D eigenvalue weighted by Gasteiger charge is -2.00. The summed E-state index contributed by atoms with van der Waals surface area (Å²) >= 11 is 5.05. The average molecular weight is 402 g/mol. The van der Waals surface area contributed by atoms with E-state index in [1.807, 2.05) is 49.4 Å². The Labute approximate surface area is 153 Å². The SMILES string of the molecule is C/C(=N\Nc1nc(SCc2cccc(Br)c2)n[nH]1)c1ccccc1. The summed E-state index contributed by atoms with van der Waals surface area (Å²) in [5, 5.41) is 12.0. The number of hydrogen-bond acceptors (Lipinski definition) is 5. The van der Waals surface area contributed by atoms with Crippen molar-refractivity contribution in [2.45, 2.75) is 17.8 Å². The molecule has 0 aliphatic heterocycles. The standard InChI is InChI=1S/C17H16BrN5S/c1-12(14-7-3-2-4-8-14)20-21-16-19-17(23-22-16)24-11-13-6-5-9-15(18)10-13/h2-10H,11H2,1H3,(H2,19,21,22,23)/b20-12+. The fourth-order valence-corrected chi connectivity index (χ4v) is 3.20. The summed E-state index contributed by atoms with van der Waals surface area (Å²) < 4.78 is 1.07. The summed E-state index contributed by atoms with van der Waals surface area (Å²) in [4.78, 5) is 4.38. The van der Waals surface area contributed by atoms with Gasteiger partial charge in [0.2, 0.25) is 11.1 Å². The van der Waals surface area contributed by atoms with Gasteiger partial charge < -0.3 is 0 Å². The van der Waals surface area contributed by atoms with Crippen LogP contribution in [0.4, 0.5) is 5.95 Å². The highest BCUT2D eigenvalue weighted by molar-refractivity contribution is 9.10. The molecule has 1 heterocycles. The van der Waals surface area contributed by atoms with Gasteiger partial charge in [0.1, 0.15) is 0 Å². The fourth-order valence-electron chi connectivity index (χ4n) is 2.02. The van der Waals surface area contributed by atoms with E-state index in [-0.39, 0.29) is 0 Å². The van der Waals surface area contributed by atoms with Crippen LogP contribution in [0.1, 0.15) is 18.1 Å². The minimum Gasteiger partial charge on any atom is -0.245 e. The number of nitrogens with zero attached hydrogens (tertiary/aromatic N) is 3. The molecule has 0 aliphatic carbocycles. The van der Waals surface area contributed by atoms with E-state index in [0.717, 1.165) is 21.5 Å². The third kappa shape index (κ3) is 4.69. The van der Waals surface area contributed by atoms with E-state index >= 15 is 0 Å². The highest BCUT2D eigenvalue weighted by Gasteiger charge is 2.04. The van der Waals surface area contributed by atoms with Crippen molar-refractivity contribution in [3.05, 3.63) is 70.2 Å². The van der Waals surface area contributed by atoms with Crippen molar-refractivity contribution in [2.24, 2.45) is 5.10 Å². The zero-order valence-electron chi connectivity index (χ0n) is 13.0. The zero-order chi connectivity index (χ0) is 16.8. The van der Waals surface area contributed by atoms with Gasteiger partial charge in [-0.05, 0) is 30.2 Å². The largest absolute Gasteiger partial charge is 0.245 e. The van der Waals surface area contributed by atoms with Crippen molar-refractivity contribution < 1.29 is 0 Å². The van der Waals surface area contributed by atoms with E-state index < -0.39 is 0 Å². The predicted molar refractivity (Wildman–Crippen MR) is 102 cm³/mol. The van der Waals surface area contributed by atoms with Crippen molar-refractivity contribution in [2.75, 3.05) is 5.43 Å². The molecule has 0 aliphatic rings. The summed E-state index contributed by atoms with van der Waals surface area (Å²) in [6.45, 7) is 1.95. The molecule has 5 nitrogen and oxygen atoms in total. The molecule has 0 saturated carbocycles. The van der Waals surface area contributed by atoms with Crippen LogP contribution in [0.25, 0.3) is 0 Å². The lowest BCUT2D eigenvalue weighted by atomic mass is 10.1. The smallest absolute Gasteiger partial charge is 0.240 e. The van der Waals surface area contributed by atoms with E-state index in [1.54, 1.807) is 11.8 Å². The molecule has 2 N–H and O–H groups in total. The van der Waals surface area contributed by atoms with Crippen LogP contribution in [0, 0.1) is 0 Å². The van der Waals surface area contributed by atoms with Gasteiger partial charge in [-0.3, -0.25) is 0 Å². The molecular formula is C17H16BrN5S. The number of hydrazone groups is 1. The van der Waals surface area contributed by atoms with Gasteiger partial charge in [0.05, 0.1) is 5.71 Å². The summed E-state index contributed by atoms with van der Waals surface area (Å²) in [6, 6.07) is 18.2. The van der Waals surface area contributed by atoms with E-state index in [2.05, 4.69) is 53.8 Å². The Kier molecular flexibility index (Phi) is 5.66. The molecule has 122 valence electrons. The summed E-state index contributed by atoms with van der Waals surface area (Å²) in [5.41, 5.74) is 6.07. The first-order valence-corrected chi connectivity index (χ1v) is 9.14. The van der Waals surface area contributed by atoms with Gasteiger partial charge in [-0.2, -0.15) is 10.1 Å². The number of H-pyrrole nitrogens is 1. The molecule has 0 radical (unpaired) electrons. The zero-order valence-corrected chi connectivity index (χ0v) is 15.4. The molecule has 0 spiro atoms. The number of anilines is 1. The Morgan fingerprint density at radius 1 is 1.21 bits per heavy atom. The Morgan fingerprint density at radius 2 is 2.04 bits per heavy atom. The first-order valence-electron chi connectivity index (χ1n) is 7.36. The minimum absolute atomic E-state index is 0.530. The van der Waals surface area contributed by atoms with Crippen molar-refractivity contribution in [3.63, 3.8) is 0 Å². The number of hydrogen-bond donors (Lipinski definition) is 2. The molecule has 1 aromatic heterocycles. The van der Waals surface area contributed by atoms with Crippen LogP contribution in [0.3, 0.4) is 0 Å². The Morgan fingerprint density at radius 3 is 2.83 bits per heavy atom. The minimum atomic E-state index is 0.530. The number of benzene rings is 2. The normalized spacial score (nSPS) is 11.5. The van der Waals surface area contributed by atoms with Crippen molar-refractivity contribution in [3.8, 4) is 0 Å². The number of nitrogens with one attached hydrogen (secondary N) is 2. The van der Waals surface area contributed by atoms with Crippen molar-refractivity contribution in [1.29, 1.82) is 0 Å². The van der Waals surface area contributed by atoms with Gasteiger partial charge >= 0.3 is 0 Å². The third-order valence-corrected chi connectivity index (χ3v) is 4.65. The molecule has 0 saturated heterocycles. The van der Waals surface area contributed by atoms with E-state index in [9.17, 15) is 0 Å². The maximum Gasteiger partial charge on any atom is 0.240 e. The number of thioether (sulfide) groups is 1. The van der Waals surface area contributed by atoms with E-state index in [4.69, 9.17) is 0 Å². The Bertz CT molecular complexity index is 832. The molecule has 0 amide bonds. The second-order valence-electron chi connectivity index (χ2n) is 5.06. The highest BCUT2D eigenvalue weighted by Crippen LogP contribution is 2.22. The van der Waals surface area contributed by atoms with Crippen LogP contribution < -0.4 is 5.43 Å². The highest BCUT2D eigenvalue weighted by atomic mass is 79.9. The maximum atomic E-state index is 4.38. The van der Waals surface area contributed by atoms with Crippen LogP contribution in [0.2, 0.25) is 0 Å². The van der Waals surface area contributed by atoms with Crippen LogP contribution >= 0.6 is 27.7 Å². The fraction of sp³-hybridized carbons (Fsp3) is 0.118. The van der Waals surface area contributed by atoms with E-state index in [0.29, 0.717) is 11.1 Å². The van der Waals surface area contributed by atoms with Gasteiger partial charge in [-0.25, -0.2) is 10.5 Å². The van der Waals surface area contributed by atoms with Gasteiger partial charge in [0.25, 0.3) is 0 Å². The molecule has 7 heteroatoms. The van der Waals surface area contributed by atoms with Crippen molar-refractivity contribution >= 4 is 39.4 Å². The topological polar surface area (TPSA) is 66.0 Å². The lowest BCUT2D eigenvalue weighted by Crippen LogP contribution is -2.00. The Balaban J connectivity index is 1.57. The van der Waals surface area contributed by atoms with Gasteiger partial charge in [-0.1, -0.05) is 70.2 Å². The summed E-state index contributed by atoms with van der Waals surface area (Å²) in [7, 11) is 0. The quantitative estimate of drug-likeness (QED) is 0.357. The van der Waals surface area contributed by atoms with Gasteiger partial charge in [0.15, 0.2) is 0 Å². The van der Waals surface area contributed by atoms with Crippen LogP contribution in [-0.4, -0.2) is 20.9 Å². The molecule has 2 aromatic carbocycles. The second kappa shape index (κ2) is 8.12. The van der Waals surface area contributed by atoms with Crippen LogP contribution in [-0.2, 0) is 5.75 Å². The van der Waals surface area contributed by atoms with Gasteiger partial charge in [-0.15, -0.1) is 5.10 Å². The molecule has 24 heavy (non-hydrogen) atoms. The van der Waals surface area contributed by atoms with E-state index in [1.165, 1.54) is 5.56 Å². The first kappa shape index (κ1) is 16.7. The number of halogens is 1. The molecular weight excluding hydrogens is 386 g/mol. The molecule has 0 bridgehead atoms. The van der Waals surface area contributed by atoms with Crippen LogP contribution in [0.15, 0.2) is 69.3 Å². The summed E-state index contributed by atoms with van der Waals surface area (Å²) in [6.07, 6.45) is 0. The Hall–Kier alpha value is -2.12. The number of aromatic nitrogens is 3. The second-order valence-corrected chi connectivity index (χ2v) is 6.92. The average Bonchev–Trinajstić information content (AvgIpc) is 3.07. The summed E-state index contributed by atoms with van der Waals surface area (Å²) in [5.74, 6) is 1.34. The van der Waals surface area contributed by atoms with Gasteiger partial charge in [0, 0.05) is 10.2 Å². The predicted octanol–water partition coefficient (Wildman–Crippen LogP) is 4.70. The third-order valence-electron chi connectivity index (χ3n) is 3.24. The number of rotatable bonds is 6. The lowest BCUT2D eigenvalue weighted by molar-refractivity contribution is 0.972. The molecule has 3 rings (SSSR count). The maximum absolute atomic E-state index is 4.38. The number of aromatic amines is 1. The molecule has 0 fully saturated rings. The molecule has 0 atom stereocenters. The first-order chi connectivity index (χ1) is 11.7. The monoisotopic (exact) mass is 401 g/mol. The van der Waals surface area contributed by atoms with Crippen LogP contribution in [0.5, 0.6) is 0 Å². The van der Waals surface area contributed by atoms with Crippen molar-refractivity contribution in [1.82, 2.24) is 15.2 Å². The molecule has 0 unspecified atom stereocenters. The molecule has 3 aromatic rings.